The fourth-order valence-corrected chi connectivity index (χ4v) is 2.04. The van der Waals surface area contributed by atoms with Gasteiger partial charge < -0.3 is 10.2 Å². The lowest BCUT2D eigenvalue weighted by Gasteiger charge is -2.40. The molecule has 0 saturated heterocycles. The van der Waals surface area contributed by atoms with Gasteiger partial charge in [-0.15, -0.1) is 0 Å². The zero-order valence-corrected chi connectivity index (χ0v) is 11.8. The molecule has 0 bridgehead atoms. The summed E-state index contributed by atoms with van der Waals surface area (Å²) < 4.78 is 39.2. The Bertz CT molecular complexity index is 427. The molecule has 0 spiro atoms. The van der Waals surface area contributed by atoms with Crippen LogP contribution in [0.4, 0.5) is 13.2 Å². The molecule has 1 aromatic rings. The third kappa shape index (κ3) is 3.25. The Morgan fingerprint density at radius 3 is 2.26 bits per heavy atom. The zero-order chi connectivity index (χ0) is 14.8. The van der Waals surface area contributed by atoms with Crippen LogP contribution in [-0.2, 0) is 6.18 Å². The summed E-state index contributed by atoms with van der Waals surface area (Å²) in [5.74, 6) is 0. The number of nitrogens with one attached hydrogen (secondary N) is 1. The van der Waals surface area contributed by atoms with E-state index in [9.17, 15) is 13.2 Å². The molecule has 1 heterocycles. The van der Waals surface area contributed by atoms with Crippen LogP contribution in [0.5, 0.6) is 0 Å². The third-order valence-corrected chi connectivity index (χ3v) is 3.62. The van der Waals surface area contributed by atoms with Crippen molar-refractivity contribution in [2.75, 3.05) is 21.1 Å². The van der Waals surface area contributed by atoms with E-state index in [0.717, 1.165) is 6.07 Å². The van der Waals surface area contributed by atoms with Crippen molar-refractivity contribution in [1.82, 2.24) is 15.2 Å². The Morgan fingerprint density at radius 2 is 1.84 bits per heavy atom. The van der Waals surface area contributed by atoms with Gasteiger partial charge in [0.2, 0.25) is 0 Å². The molecular weight excluding hydrogens is 255 g/mol. The summed E-state index contributed by atoms with van der Waals surface area (Å²) in [7, 11) is 5.34. The average molecular weight is 275 g/mol. The second-order valence-electron chi connectivity index (χ2n) is 5.23. The van der Waals surface area contributed by atoms with Gasteiger partial charge in [-0.3, -0.25) is 4.98 Å². The zero-order valence-electron chi connectivity index (χ0n) is 11.8. The Kier molecular flexibility index (Phi) is 4.58. The number of alkyl halides is 3. The lowest BCUT2D eigenvalue weighted by molar-refractivity contribution is -0.138. The van der Waals surface area contributed by atoms with Gasteiger partial charge in [0.1, 0.15) is 0 Å². The van der Waals surface area contributed by atoms with Crippen LogP contribution < -0.4 is 5.32 Å². The number of nitrogens with zero attached hydrogens (tertiary/aromatic N) is 2. The van der Waals surface area contributed by atoms with E-state index >= 15 is 0 Å². The van der Waals surface area contributed by atoms with E-state index in [0.29, 0.717) is 0 Å². The number of rotatable bonds is 4. The first-order valence-electron chi connectivity index (χ1n) is 5.98. The molecule has 1 unspecified atom stereocenters. The van der Waals surface area contributed by atoms with E-state index < -0.39 is 23.3 Å². The fourth-order valence-electron chi connectivity index (χ4n) is 2.04. The molecule has 1 atom stereocenters. The summed E-state index contributed by atoms with van der Waals surface area (Å²) >= 11 is 0. The molecule has 3 nitrogen and oxygen atoms in total. The van der Waals surface area contributed by atoms with E-state index in [1.54, 1.807) is 7.05 Å². The van der Waals surface area contributed by atoms with Crippen molar-refractivity contribution >= 4 is 0 Å². The fraction of sp³-hybridized carbons (Fsp3) is 0.615. The molecule has 1 N–H and O–H groups in total. The van der Waals surface area contributed by atoms with E-state index in [4.69, 9.17) is 0 Å². The molecule has 1 rings (SSSR count). The highest BCUT2D eigenvalue weighted by Crippen LogP contribution is 2.38. The summed E-state index contributed by atoms with van der Waals surface area (Å²) in [6.45, 7) is 3.78. The van der Waals surface area contributed by atoms with Crippen LogP contribution in [-0.4, -0.2) is 36.6 Å². The van der Waals surface area contributed by atoms with Crippen LogP contribution >= 0.6 is 0 Å². The topological polar surface area (TPSA) is 28.2 Å². The van der Waals surface area contributed by atoms with Crippen LogP contribution in [0.15, 0.2) is 18.5 Å². The van der Waals surface area contributed by atoms with Crippen LogP contribution in [0.3, 0.4) is 0 Å². The lowest BCUT2D eigenvalue weighted by Crippen LogP contribution is -2.49. The summed E-state index contributed by atoms with van der Waals surface area (Å²) in [5.41, 5.74) is -0.967. The van der Waals surface area contributed by atoms with Crippen molar-refractivity contribution in [2.45, 2.75) is 31.6 Å². The van der Waals surface area contributed by atoms with Gasteiger partial charge >= 0.3 is 6.18 Å². The maximum Gasteiger partial charge on any atom is 0.416 e. The molecule has 0 aliphatic carbocycles. The van der Waals surface area contributed by atoms with E-state index in [2.05, 4.69) is 10.3 Å². The van der Waals surface area contributed by atoms with Crippen molar-refractivity contribution in [3.05, 3.63) is 29.6 Å². The first-order chi connectivity index (χ1) is 8.62. The first kappa shape index (κ1) is 15.9. The standard InChI is InChI=1S/C13H20F3N3/c1-12(2,19(4)5)11(17-3)9-8-18-7-6-10(9)13(14,15)16/h6-8,11,17H,1-5H3. The van der Waals surface area contributed by atoms with Crippen LogP contribution in [0.25, 0.3) is 0 Å². The number of likely N-dealkylation sites (N-methyl/N-ethyl adjacent to an activating group) is 2. The van der Waals surface area contributed by atoms with E-state index in [1.165, 1.54) is 12.4 Å². The van der Waals surface area contributed by atoms with Gasteiger partial charge in [0, 0.05) is 23.5 Å². The molecule has 0 aliphatic rings. The smallest absolute Gasteiger partial charge is 0.311 e. The number of aromatic nitrogens is 1. The Balaban J connectivity index is 3.35. The summed E-state index contributed by atoms with van der Waals surface area (Å²) in [6.07, 6.45) is -1.92. The monoisotopic (exact) mass is 275 g/mol. The maximum absolute atomic E-state index is 13.1. The molecule has 0 radical (unpaired) electrons. The van der Waals surface area contributed by atoms with Gasteiger partial charge in [0.25, 0.3) is 0 Å². The Morgan fingerprint density at radius 1 is 1.26 bits per heavy atom. The minimum Gasteiger partial charge on any atom is -0.311 e. The van der Waals surface area contributed by atoms with Crippen LogP contribution in [0.2, 0.25) is 0 Å². The highest BCUT2D eigenvalue weighted by Gasteiger charge is 2.40. The number of halogens is 3. The number of hydrogen-bond acceptors (Lipinski definition) is 3. The van der Waals surface area contributed by atoms with Crippen molar-refractivity contribution in [1.29, 1.82) is 0 Å². The molecule has 0 saturated carbocycles. The van der Waals surface area contributed by atoms with Gasteiger partial charge in [-0.25, -0.2) is 0 Å². The highest BCUT2D eigenvalue weighted by molar-refractivity contribution is 5.31. The maximum atomic E-state index is 13.1. The van der Waals surface area contributed by atoms with Crippen molar-refractivity contribution in [3.8, 4) is 0 Å². The molecule has 19 heavy (non-hydrogen) atoms. The van der Waals surface area contributed by atoms with E-state index in [1.807, 2.05) is 32.8 Å². The molecule has 0 fully saturated rings. The molecule has 0 aromatic carbocycles. The van der Waals surface area contributed by atoms with Gasteiger partial charge in [0.15, 0.2) is 0 Å². The van der Waals surface area contributed by atoms with Crippen LogP contribution in [0.1, 0.15) is 31.0 Å². The second-order valence-corrected chi connectivity index (χ2v) is 5.23. The van der Waals surface area contributed by atoms with Gasteiger partial charge in [0.05, 0.1) is 11.6 Å². The third-order valence-electron chi connectivity index (χ3n) is 3.62. The minimum absolute atomic E-state index is 0.163. The largest absolute Gasteiger partial charge is 0.416 e. The molecular formula is C13H20F3N3. The minimum atomic E-state index is -4.38. The SMILES string of the molecule is CNC(c1cnccc1C(F)(F)F)C(C)(C)N(C)C. The number of hydrogen-bond donors (Lipinski definition) is 1. The Hall–Kier alpha value is -1.14. The van der Waals surface area contributed by atoms with Gasteiger partial charge in [-0.05, 0) is 41.1 Å². The van der Waals surface area contributed by atoms with Crippen molar-refractivity contribution in [2.24, 2.45) is 0 Å². The highest BCUT2D eigenvalue weighted by atomic mass is 19.4. The second kappa shape index (κ2) is 5.46. The molecule has 1 aromatic heterocycles. The quantitative estimate of drug-likeness (QED) is 0.915. The van der Waals surface area contributed by atoms with Crippen molar-refractivity contribution < 1.29 is 13.2 Å². The molecule has 0 aliphatic heterocycles. The van der Waals surface area contributed by atoms with Gasteiger partial charge in [-0.1, -0.05) is 0 Å². The Labute approximate surface area is 111 Å². The average Bonchev–Trinajstić information content (AvgIpc) is 2.28. The number of pyridine rings is 1. The van der Waals surface area contributed by atoms with Crippen LogP contribution in [0, 0.1) is 0 Å². The lowest BCUT2D eigenvalue weighted by atomic mass is 9.86. The molecule has 0 amide bonds. The van der Waals surface area contributed by atoms with E-state index in [-0.39, 0.29) is 5.56 Å². The summed E-state index contributed by atoms with van der Waals surface area (Å²) in [4.78, 5) is 5.73. The van der Waals surface area contributed by atoms with Gasteiger partial charge in [-0.2, -0.15) is 13.2 Å². The molecule has 108 valence electrons. The summed E-state index contributed by atoms with van der Waals surface area (Å²) in [6, 6.07) is 0.540. The predicted molar refractivity (Wildman–Crippen MR) is 68.8 cm³/mol. The molecule has 6 heteroatoms. The first-order valence-corrected chi connectivity index (χ1v) is 5.98. The predicted octanol–water partition coefficient (Wildman–Crippen LogP) is 2.70. The normalized spacial score (nSPS) is 14.8. The summed E-state index contributed by atoms with van der Waals surface area (Å²) in [5, 5.41) is 2.97. The van der Waals surface area contributed by atoms with Crippen molar-refractivity contribution in [3.63, 3.8) is 0 Å².